The summed E-state index contributed by atoms with van der Waals surface area (Å²) in [5, 5.41) is 18.7. The van der Waals surface area contributed by atoms with Gasteiger partial charge in [0, 0.05) is 12.7 Å². The molecule has 2 amide bonds. The quantitative estimate of drug-likeness (QED) is 0.660. The second kappa shape index (κ2) is 9.02. The minimum absolute atomic E-state index is 0.101. The Labute approximate surface area is 174 Å². The molecule has 0 aromatic heterocycles. The van der Waals surface area contributed by atoms with Gasteiger partial charge in [-0.2, -0.15) is 0 Å². The van der Waals surface area contributed by atoms with E-state index in [9.17, 15) is 24.3 Å². The molecule has 2 N–H and O–H groups in total. The molecule has 2 aliphatic rings. The topological polar surface area (TPSA) is 134 Å². The molecule has 30 heavy (non-hydrogen) atoms. The molecule has 0 aliphatic carbocycles. The van der Waals surface area contributed by atoms with E-state index in [2.05, 4.69) is 0 Å². The molecule has 0 unspecified atom stereocenters. The number of carboxylic acid groups (broad SMARTS) is 2. The maximum absolute atomic E-state index is 12.6. The van der Waals surface area contributed by atoms with E-state index >= 15 is 0 Å². The van der Waals surface area contributed by atoms with Crippen LogP contribution in [0.25, 0.3) is 0 Å². The normalized spacial score (nSPS) is 17.2. The van der Waals surface area contributed by atoms with Crippen LogP contribution in [0.15, 0.2) is 34.6 Å². The Morgan fingerprint density at radius 1 is 1.10 bits per heavy atom. The van der Waals surface area contributed by atoms with E-state index in [1.165, 1.54) is 17.2 Å². The molecule has 0 atom stereocenters. The molecule has 0 radical (unpaired) electrons. The van der Waals surface area contributed by atoms with E-state index in [1.807, 2.05) is 0 Å². The average molecular weight is 422 g/mol. The summed E-state index contributed by atoms with van der Waals surface area (Å²) in [5.74, 6) is -1.95. The van der Waals surface area contributed by atoms with Crippen LogP contribution in [0.1, 0.15) is 34.1 Å². The first-order valence-corrected chi connectivity index (χ1v) is 9.46. The number of hydrogen-bond acceptors (Lipinski definition) is 6. The molecule has 0 aromatic carbocycles. The summed E-state index contributed by atoms with van der Waals surface area (Å²) in [7, 11) is 0. The molecule has 164 valence electrons. The second-order valence-electron chi connectivity index (χ2n) is 7.75. The van der Waals surface area contributed by atoms with Gasteiger partial charge in [-0.15, -0.1) is 0 Å². The van der Waals surface area contributed by atoms with Gasteiger partial charge in [0.1, 0.15) is 5.60 Å². The molecule has 10 nitrogen and oxygen atoms in total. The predicted molar refractivity (Wildman–Crippen MR) is 105 cm³/mol. The molecule has 0 saturated heterocycles. The third kappa shape index (κ3) is 5.40. The zero-order valence-corrected chi connectivity index (χ0v) is 17.4. The first-order chi connectivity index (χ1) is 13.9. The van der Waals surface area contributed by atoms with Crippen LogP contribution in [0.3, 0.4) is 0 Å². The number of carbonyl (C=O) groups is 4. The maximum atomic E-state index is 12.6. The molecule has 2 aliphatic heterocycles. The summed E-state index contributed by atoms with van der Waals surface area (Å²) in [5.41, 5.74) is -0.0336. The SMILES string of the molecule is CCOC(=O)C1=C(C2=C(C(=O)O)CN(C(=O)O)C=C2)CCN(C(=O)OC(C)(C)C)C1. The van der Waals surface area contributed by atoms with E-state index in [1.54, 1.807) is 27.7 Å². The minimum Gasteiger partial charge on any atom is -0.478 e. The molecule has 10 heteroatoms. The molecule has 0 saturated carbocycles. The Morgan fingerprint density at radius 3 is 2.30 bits per heavy atom. The van der Waals surface area contributed by atoms with Crippen molar-refractivity contribution in [3.8, 4) is 0 Å². The van der Waals surface area contributed by atoms with Crippen molar-refractivity contribution >= 4 is 24.1 Å². The fraction of sp³-hybridized carbons (Fsp3) is 0.500. The molecule has 2 rings (SSSR count). The molecule has 0 fully saturated rings. The number of allylic oxidation sites excluding steroid dienone is 2. The lowest BCUT2D eigenvalue weighted by atomic mass is 9.88. The van der Waals surface area contributed by atoms with Crippen LogP contribution in [0.5, 0.6) is 0 Å². The number of carboxylic acids is 1. The van der Waals surface area contributed by atoms with Crippen molar-refractivity contribution in [3.63, 3.8) is 0 Å². The smallest absolute Gasteiger partial charge is 0.411 e. The first kappa shape index (κ1) is 23.0. The van der Waals surface area contributed by atoms with Crippen molar-refractivity contribution in [2.75, 3.05) is 26.2 Å². The Bertz CT molecular complexity index is 847. The van der Waals surface area contributed by atoms with Crippen LogP contribution in [0.2, 0.25) is 0 Å². The molecule has 0 aromatic rings. The fourth-order valence-electron chi connectivity index (χ4n) is 3.12. The van der Waals surface area contributed by atoms with Crippen LogP contribution in [-0.2, 0) is 19.1 Å². The third-order valence-electron chi connectivity index (χ3n) is 4.42. The number of esters is 1. The number of nitrogens with zero attached hydrogens (tertiary/aromatic N) is 2. The lowest BCUT2D eigenvalue weighted by molar-refractivity contribution is -0.139. The number of hydrogen-bond donors (Lipinski definition) is 2. The van der Waals surface area contributed by atoms with E-state index in [4.69, 9.17) is 14.6 Å². The summed E-state index contributed by atoms with van der Waals surface area (Å²) in [6.07, 6.45) is 0.922. The van der Waals surface area contributed by atoms with Gasteiger partial charge >= 0.3 is 24.1 Å². The van der Waals surface area contributed by atoms with Crippen LogP contribution in [0.4, 0.5) is 9.59 Å². The van der Waals surface area contributed by atoms with E-state index in [0.717, 1.165) is 4.90 Å². The van der Waals surface area contributed by atoms with Crippen LogP contribution in [0, 0.1) is 0 Å². The number of amides is 2. The predicted octanol–water partition coefficient (Wildman–Crippen LogP) is 2.38. The van der Waals surface area contributed by atoms with Crippen molar-refractivity contribution < 1.29 is 38.9 Å². The Balaban J connectivity index is 2.47. The minimum atomic E-state index is -1.29. The zero-order valence-electron chi connectivity index (χ0n) is 17.4. The van der Waals surface area contributed by atoms with Gasteiger partial charge in [-0.3, -0.25) is 4.90 Å². The highest BCUT2D eigenvalue weighted by Gasteiger charge is 2.34. The molecule has 0 spiro atoms. The van der Waals surface area contributed by atoms with Crippen molar-refractivity contribution in [1.29, 1.82) is 0 Å². The Hall–Kier alpha value is -3.30. The van der Waals surface area contributed by atoms with Gasteiger partial charge in [-0.05, 0) is 51.3 Å². The summed E-state index contributed by atoms with van der Waals surface area (Å²) in [6.45, 7) is 6.69. The zero-order chi connectivity index (χ0) is 22.6. The standard InChI is InChI=1S/C20H26N2O8/c1-5-29-17(25)15-11-22(19(28)30-20(2,3)4)9-7-13(15)12-6-8-21(18(26)27)10-14(12)16(23)24/h6,8H,5,7,9-11H2,1-4H3,(H,23,24)(H,26,27). The number of ether oxygens (including phenoxy) is 2. The Morgan fingerprint density at radius 2 is 1.77 bits per heavy atom. The highest BCUT2D eigenvalue weighted by atomic mass is 16.6. The van der Waals surface area contributed by atoms with Crippen molar-refractivity contribution in [1.82, 2.24) is 9.80 Å². The second-order valence-corrected chi connectivity index (χ2v) is 7.75. The third-order valence-corrected chi connectivity index (χ3v) is 4.42. The van der Waals surface area contributed by atoms with Crippen molar-refractivity contribution in [2.45, 2.75) is 39.7 Å². The molecular formula is C20H26N2O8. The summed E-state index contributed by atoms with van der Waals surface area (Å²) in [6, 6.07) is 0. The number of carbonyl (C=O) groups excluding carboxylic acids is 2. The van der Waals surface area contributed by atoms with Gasteiger partial charge in [0.05, 0.1) is 30.8 Å². The van der Waals surface area contributed by atoms with Crippen LogP contribution >= 0.6 is 0 Å². The summed E-state index contributed by atoms with van der Waals surface area (Å²) < 4.78 is 10.5. The van der Waals surface area contributed by atoms with Gasteiger partial charge in [-0.25, -0.2) is 19.2 Å². The van der Waals surface area contributed by atoms with Gasteiger partial charge in [0.25, 0.3) is 0 Å². The lowest BCUT2D eigenvalue weighted by Gasteiger charge is -2.33. The maximum Gasteiger partial charge on any atom is 0.411 e. The lowest BCUT2D eigenvalue weighted by Crippen LogP contribution is -2.42. The van der Waals surface area contributed by atoms with Crippen LogP contribution < -0.4 is 0 Å². The van der Waals surface area contributed by atoms with E-state index in [-0.39, 0.29) is 49.4 Å². The van der Waals surface area contributed by atoms with Gasteiger partial charge in [0.15, 0.2) is 0 Å². The molecular weight excluding hydrogens is 396 g/mol. The molecule has 2 heterocycles. The summed E-state index contributed by atoms with van der Waals surface area (Å²) in [4.78, 5) is 50.2. The highest BCUT2D eigenvalue weighted by molar-refractivity contribution is 5.95. The van der Waals surface area contributed by atoms with Crippen molar-refractivity contribution in [2.24, 2.45) is 0 Å². The first-order valence-electron chi connectivity index (χ1n) is 9.46. The van der Waals surface area contributed by atoms with Crippen molar-refractivity contribution in [3.05, 3.63) is 34.6 Å². The fourth-order valence-corrected chi connectivity index (χ4v) is 3.12. The number of rotatable bonds is 4. The summed E-state index contributed by atoms with van der Waals surface area (Å²) >= 11 is 0. The number of aliphatic carboxylic acids is 1. The average Bonchev–Trinajstić information content (AvgIpc) is 2.65. The molecule has 0 bridgehead atoms. The highest BCUT2D eigenvalue weighted by Crippen LogP contribution is 2.31. The van der Waals surface area contributed by atoms with Gasteiger partial charge in [-0.1, -0.05) is 0 Å². The van der Waals surface area contributed by atoms with Gasteiger partial charge in [0.2, 0.25) is 0 Å². The monoisotopic (exact) mass is 422 g/mol. The van der Waals surface area contributed by atoms with Crippen LogP contribution in [-0.4, -0.2) is 76.0 Å². The van der Waals surface area contributed by atoms with E-state index in [0.29, 0.717) is 5.57 Å². The van der Waals surface area contributed by atoms with Gasteiger partial charge < -0.3 is 24.6 Å². The van der Waals surface area contributed by atoms with E-state index < -0.39 is 29.7 Å². The largest absolute Gasteiger partial charge is 0.478 e. The Kier molecular flexibility index (Phi) is 6.91.